The van der Waals surface area contributed by atoms with Crippen LogP contribution >= 0.6 is 11.6 Å². The third-order valence-electron chi connectivity index (χ3n) is 2.79. The zero-order valence-corrected chi connectivity index (χ0v) is 10.6. The normalized spacial score (nSPS) is 10.3. The number of benzene rings is 2. The molecule has 0 unspecified atom stereocenters. The van der Waals surface area contributed by atoms with Gasteiger partial charge in [0.2, 0.25) is 0 Å². The van der Waals surface area contributed by atoms with E-state index in [2.05, 4.69) is 25.1 Å². The summed E-state index contributed by atoms with van der Waals surface area (Å²) in [5, 5.41) is -0.404. The van der Waals surface area contributed by atoms with Crippen LogP contribution in [0.2, 0.25) is 0 Å². The van der Waals surface area contributed by atoms with Crippen molar-refractivity contribution in [3.05, 3.63) is 59.2 Å². The molecule has 0 radical (unpaired) electrons. The fourth-order valence-corrected chi connectivity index (χ4v) is 2.10. The van der Waals surface area contributed by atoms with Crippen molar-refractivity contribution in [2.45, 2.75) is 13.8 Å². The van der Waals surface area contributed by atoms with Gasteiger partial charge in [-0.1, -0.05) is 42.0 Å². The second-order valence-corrected chi connectivity index (χ2v) is 4.52. The van der Waals surface area contributed by atoms with E-state index in [4.69, 9.17) is 11.6 Å². The van der Waals surface area contributed by atoms with Crippen molar-refractivity contribution in [3.63, 3.8) is 0 Å². The summed E-state index contributed by atoms with van der Waals surface area (Å²) in [5.41, 5.74) is 4.96. The Morgan fingerprint density at radius 2 is 1.71 bits per heavy atom. The van der Waals surface area contributed by atoms with Gasteiger partial charge in [-0.25, -0.2) is 0 Å². The SMILES string of the molecule is Cc1cccc(-c2ccc(C(=O)Cl)c(C)c2)c1. The van der Waals surface area contributed by atoms with Crippen molar-refractivity contribution in [1.29, 1.82) is 0 Å². The Morgan fingerprint density at radius 3 is 2.29 bits per heavy atom. The molecule has 17 heavy (non-hydrogen) atoms. The van der Waals surface area contributed by atoms with Crippen LogP contribution in [0, 0.1) is 13.8 Å². The monoisotopic (exact) mass is 244 g/mol. The molecule has 2 heteroatoms. The summed E-state index contributed by atoms with van der Waals surface area (Å²) in [6.07, 6.45) is 0. The number of carbonyl (C=O) groups excluding carboxylic acids is 1. The number of hydrogen-bond acceptors (Lipinski definition) is 1. The zero-order chi connectivity index (χ0) is 12.4. The first-order chi connectivity index (χ1) is 8.08. The Morgan fingerprint density at radius 1 is 1.00 bits per heavy atom. The van der Waals surface area contributed by atoms with Crippen LogP contribution in [0.25, 0.3) is 11.1 Å². The molecule has 0 saturated carbocycles. The van der Waals surface area contributed by atoms with Crippen LogP contribution in [0.5, 0.6) is 0 Å². The van der Waals surface area contributed by atoms with Gasteiger partial charge in [0.15, 0.2) is 0 Å². The third-order valence-corrected chi connectivity index (χ3v) is 2.99. The van der Waals surface area contributed by atoms with E-state index >= 15 is 0 Å². The predicted octanol–water partition coefficient (Wildman–Crippen LogP) is 4.35. The molecule has 0 bridgehead atoms. The van der Waals surface area contributed by atoms with Crippen molar-refractivity contribution in [2.75, 3.05) is 0 Å². The summed E-state index contributed by atoms with van der Waals surface area (Å²) in [5.74, 6) is 0. The largest absolute Gasteiger partial charge is 0.276 e. The molecule has 0 N–H and O–H groups in total. The van der Waals surface area contributed by atoms with E-state index in [0.29, 0.717) is 5.56 Å². The Hall–Kier alpha value is -1.60. The molecular formula is C15H13ClO. The van der Waals surface area contributed by atoms with Gasteiger partial charge in [-0.05, 0) is 48.2 Å². The second-order valence-electron chi connectivity index (χ2n) is 4.17. The van der Waals surface area contributed by atoms with Crippen LogP contribution in [0.3, 0.4) is 0 Å². The summed E-state index contributed by atoms with van der Waals surface area (Å²) < 4.78 is 0. The first kappa shape index (κ1) is 11.9. The molecule has 0 aromatic heterocycles. The lowest BCUT2D eigenvalue weighted by molar-refractivity contribution is 0.108. The van der Waals surface area contributed by atoms with Gasteiger partial charge in [-0.3, -0.25) is 4.79 Å². The van der Waals surface area contributed by atoms with Gasteiger partial charge < -0.3 is 0 Å². The van der Waals surface area contributed by atoms with E-state index in [-0.39, 0.29) is 0 Å². The van der Waals surface area contributed by atoms with Crippen molar-refractivity contribution in [1.82, 2.24) is 0 Å². The lowest BCUT2D eigenvalue weighted by Crippen LogP contribution is -1.93. The highest BCUT2D eigenvalue weighted by Gasteiger charge is 2.07. The van der Waals surface area contributed by atoms with Crippen LogP contribution in [-0.2, 0) is 0 Å². The Labute approximate surface area is 106 Å². The fourth-order valence-electron chi connectivity index (χ4n) is 1.89. The van der Waals surface area contributed by atoms with Gasteiger partial charge in [-0.2, -0.15) is 0 Å². The van der Waals surface area contributed by atoms with E-state index in [1.165, 1.54) is 5.56 Å². The molecule has 0 atom stereocenters. The first-order valence-electron chi connectivity index (χ1n) is 5.45. The minimum absolute atomic E-state index is 0.404. The summed E-state index contributed by atoms with van der Waals surface area (Å²) >= 11 is 5.49. The second kappa shape index (κ2) is 4.72. The van der Waals surface area contributed by atoms with Crippen molar-refractivity contribution in [2.24, 2.45) is 0 Å². The Kier molecular flexibility index (Phi) is 3.30. The number of rotatable bonds is 2. The molecule has 0 fully saturated rings. The van der Waals surface area contributed by atoms with Gasteiger partial charge in [0.05, 0.1) is 0 Å². The highest BCUT2D eigenvalue weighted by atomic mass is 35.5. The van der Waals surface area contributed by atoms with Crippen LogP contribution in [0.1, 0.15) is 21.5 Å². The molecule has 0 aliphatic heterocycles. The average molecular weight is 245 g/mol. The maximum absolute atomic E-state index is 11.1. The maximum atomic E-state index is 11.1. The third kappa shape index (κ3) is 2.56. The van der Waals surface area contributed by atoms with Gasteiger partial charge in [0, 0.05) is 5.56 Å². The highest BCUT2D eigenvalue weighted by molar-refractivity contribution is 6.67. The van der Waals surface area contributed by atoms with Crippen LogP contribution < -0.4 is 0 Å². The first-order valence-corrected chi connectivity index (χ1v) is 5.83. The summed E-state index contributed by atoms with van der Waals surface area (Å²) in [6.45, 7) is 3.96. The quantitative estimate of drug-likeness (QED) is 0.718. The average Bonchev–Trinajstić information content (AvgIpc) is 2.28. The Balaban J connectivity index is 2.48. The van der Waals surface area contributed by atoms with Gasteiger partial charge in [0.1, 0.15) is 0 Å². The Bertz CT molecular complexity index is 573. The molecule has 2 aromatic rings. The summed E-state index contributed by atoms with van der Waals surface area (Å²) in [4.78, 5) is 11.1. The molecule has 1 nitrogen and oxygen atoms in total. The standard InChI is InChI=1S/C15H13ClO/c1-10-4-3-5-12(8-10)13-6-7-14(15(16)17)11(2)9-13/h3-9H,1-2H3. The van der Waals surface area contributed by atoms with E-state index in [1.54, 1.807) is 6.07 Å². The van der Waals surface area contributed by atoms with Crippen molar-refractivity contribution < 1.29 is 4.79 Å². The summed E-state index contributed by atoms with van der Waals surface area (Å²) in [7, 11) is 0. The molecule has 86 valence electrons. The summed E-state index contributed by atoms with van der Waals surface area (Å²) in [6, 6.07) is 14.0. The minimum Gasteiger partial charge on any atom is -0.276 e. The molecule has 2 aromatic carbocycles. The van der Waals surface area contributed by atoms with E-state index in [1.807, 2.05) is 25.1 Å². The highest BCUT2D eigenvalue weighted by Crippen LogP contribution is 2.23. The van der Waals surface area contributed by atoms with Crippen LogP contribution in [0.4, 0.5) is 0 Å². The molecule has 2 rings (SSSR count). The van der Waals surface area contributed by atoms with E-state index < -0.39 is 5.24 Å². The minimum atomic E-state index is -0.404. The van der Waals surface area contributed by atoms with Crippen molar-refractivity contribution >= 4 is 16.8 Å². The molecular weight excluding hydrogens is 232 g/mol. The van der Waals surface area contributed by atoms with Crippen LogP contribution in [0.15, 0.2) is 42.5 Å². The molecule has 0 aliphatic carbocycles. The van der Waals surface area contributed by atoms with Gasteiger partial charge >= 0.3 is 0 Å². The lowest BCUT2D eigenvalue weighted by Gasteiger charge is -2.06. The van der Waals surface area contributed by atoms with E-state index in [9.17, 15) is 4.79 Å². The van der Waals surface area contributed by atoms with Gasteiger partial charge in [0.25, 0.3) is 5.24 Å². The van der Waals surface area contributed by atoms with E-state index in [0.717, 1.165) is 16.7 Å². The fraction of sp³-hybridized carbons (Fsp3) is 0.133. The molecule has 0 amide bonds. The number of hydrogen-bond donors (Lipinski definition) is 0. The molecule has 0 heterocycles. The topological polar surface area (TPSA) is 17.1 Å². The molecule has 0 aliphatic rings. The zero-order valence-electron chi connectivity index (χ0n) is 9.83. The molecule has 0 spiro atoms. The smallest absolute Gasteiger partial charge is 0.252 e. The maximum Gasteiger partial charge on any atom is 0.252 e. The van der Waals surface area contributed by atoms with Crippen molar-refractivity contribution in [3.8, 4) is 11.1 Å². The lowest BCUT2D eigenvalue weighted by atomic mass is 9.99. The predicted molar refractivity (Wildman–Crippen MR) is 71.5 cm³/mol. The number of halogens is 1. The number of aryl methyl sites for hydroxylation is 2. The molecule has 0 saturated heterocycles. The number of carbonyl (C=O) groups is 1. The van der Waals surface area contributed by atoms with Crippen LogP contribution in [-0.4, -0.2) is 5.24 Å². The van der Waals surface area contributed by atoms with Gasteiger partial charge in [-0.15, -0.1) is 0 Å².